The van der Waals surface area contributed by atoms with Crippen LogP contribution in [0.2, 0.25) is 0 Å². The summed E-state index contributed by atoms with van der Waals surface area (Å²) in [5, 5.41) is 14.6. The van der Waals surface area contributed by atoms with E-state index in [2.05, 4.69) is 15.6 Å². The Kier molecular flexibility index (Phi) is 5.46. The van der Waals surface area contributed by atoms with Gasteiger partial charge in [-0.05, 0) is 30.3 Å². The first-order valence-corrected chi connectivity index (χ1v) is 6.72. The third kappa shape index (κ3) is 4.30. The van der Waals surface area contributed by atoms with Crippen LogP contribution in [0.5, 0.6) is 0 Å². The van der Waals surface area contributed by atoms with E-state index < -0.39 is 0 Å². The number of nitriles is 1. The molecule has 0 spiro atoms. The summed E-state index contributed by atoms with van der Waals surface area (Å²) in [6.07, 6.45) is 3.15. The Bertz CT molecular complexity index is 677. The zero-order chi connectivity index (χ0) is 15.8. The Morgan fingerprint density at radius 3 is 2.73 bits per heavy atom. The number of hydrogen-bond donors (Lipinski definition) is 2. The zero-order valence-electron chi connectivity index (χ0n) is 12.2. The van der Waals surface area contributed by atoms with Crippen LogP contribution in [0, 0.1) is 11.3 Å². The molecule has 0 unspecified atom stereocenters. The highest BCUT2D eigenvalue weighted by Crippen LogP contribution is 2.13. The van der Waals surface area contributed by atoms with Gasteiger partial charge in [0.2, 0.25) is 0 Å². The predicted molar refractivity (Wildman–Crippen MR) is 83.7 cm³/mol. The molecule has 0 radical (unpaired) electrons. The molecule has 0 fully saturated rings. The number of aromatic nitrogens is 1. The van der Waals surface area contributed by atoms with Crippen molar-refractivity contribution in [2.45, 2.75) is 0 Å². The molecule has 2 rings (SSSR count). The standard InChI is InChI=1S/C16H16N4O2/c1-22-7-6-19-15-8-13(10-18-11-15)16(21)20-14-4-2-12(9-17)3-5-14/h2-5,8,10-11,19H,6-7H2,1H3,(H,20,21). The summed E-state index contributed by atoms with van der Waals surface area (Å²) >= 11 is 0. The molecule has 2 N–H and O–H groups in total. The fourth-order valence-electron chi connectivity index (χ4n) is 1.79. The highest BCUT2D eigenvalue weighted by atomic mass is 16.5. The Hall–Kier alpha value is -2.91. The number of nitrogens with one attached hydrogen (secondary N) is 2. The minimum absolute atomic E-state index is 0.257. The number of ether oxygens (including phenoxy) is 1. The first-order chi connectivity index (χ1) is 10.7. The van der Waals surface area contributed by atoms with Crippen LogP contribution in [0.3, 0.4) is 0 Å². The molecule has 1 amide bonds. The average Bonchev–Trinajstić information content (AvgIpc) is 2.56. The van der Waals surface area contributed by atoms with Crippen LogP contribution in [0.4, 0.5) is 11.4 Å². The Morgan fingerprint density at radius 1 is 1.27 bits per heavy atom. The van der Waals surface area contributed by atoms with Crippen molar-refractivity contribution in [3.8, 4) is 6.07 Å². The predicted octanol–water partition coefficient (Wildman–Crippen LogP) is 2.26. The van der Waals surface area contributed by atoms with E-state index in [-0.39, 0.29) is 5.91 Å². The molecule has 0 aliphatic heterocycles. The molecule has 6 heteroatoms. The van der Waals surface area contributed by atoms with Crippen LogP contribution < -0.4 is 10.6 Å². The number of benzene rings is 1. The maximum Gasteiger partial charge on any atom is 0.257 e. The van der Waals surface area contributed by atoms with Gasteiger partial charge in [0, 0.05) is 31.7 Å². The van der Waals surface area contributed by atoms with Gasteiger partial charge >= 0.3 is 0 Å². The lowest BCUT2D eigenvalue weighted by atomic mass is 10.2. The van der Waals surface area contributed by atoms with Crippen molar-refractivity contribution in [3.63, 3.8) is 0 Å². The number of nitrogens with zero attached hydrogens (tertiary/aromatic N) is 2. The fourth-order valence-corrected chi connectivity index (χ4v) is 1.79. The van der Waals surface area contributed by atoms with Crippen LogP contribution in [0.15, 0.2) is 42.7 Å². The van der Waals surface area contributed by atoms with Gasteiger partial charge in [0.25, 0.3) is 5.91 Å². The smallest absolute Gasteiger partial charge is 0.257 e. The maximum absolute atomic E-state index is 12.2. The molecule has 1 aromatic heterocycles. The first kappa shape index (κ1) is 15.5. The van der Waals surface area contributed by atoms with Gasteiger partial charge in [0.05, 0.1) is 29.5 Å². The molecule has 1 aromatic carbocycles. The molecule has 0 bridgehead atoms. The van der Waals surface area contributed by atoms with E-state index in [0.717, 1.165) is 5.69 Å². The first-order valence-electron chi connectivity index (χ1n) is 6.72. The molecule has 2 aromatic rings. The van der Waals surface area contributed by atoms with E-state index in [9.17, 15) is 4.79 Å². The number of pyridine rings is 1. The minimum atomic E-state index is -0.257. The number of amides is 1. The molecule has 112 valence electrons. The van der Waals surface area contributed by atoms with Crippen LogP contribution in [0.1, 0.15) is 15.9 Å². The van der Waals surface area contributed by atoms with Crippen molar-refractivity contribution < 1.29 is 9.53 Å². The van der Waals surface area contributed by atoms with E-state index >= 15 is 0 Å². The van der Waals surface area contributed by atoms with Gasteiger partial charge in [-0.2, -0.15) is 5.26 Å². The average molecular weight is 296 g/mol. The lowest BCUT2D eigenvalue weighted by Crippen LogP contribution is -2.13. The second-order valence-electron chi connectivity index (χ2n) is 4.53. The number of hydrogen-bond acceptors (Lipinski definition) is 5. The summed E-state index contributed by atoms with van der Waals surface area (Å²) in [6, 6.07) is 10.4. The fraction of sp³-hybridized carbons (Fsp3) is 0.188. The summed E-state index contributed by atoms with van der Waals surface area (Å²) in [7, 11) is 1.63. The van der Waals surface area contributed by atoms with Crippen molar-refractivity contribution in [2.75, 3.05) is 30.9 Å². The summed E-state index contributed by atoms with van der Waals surface area (Å²) < 4.78 is 4.95. The molecule has 0 saturated carbocycles. The van der Waals surface area contributed by atoms with Crippen molar-refractivity contribution in [1.29, 1.82) is 5.26 Å². The summed E-state index contributed by atoms with van der Waals surface area (Å²) in [6.45, 7) is 1.21. The van der Waals surface area contributed by atoms with Gasteiger partial charge in [-0.1, -0.05) is 0 Å². The Balaban J connectivity index is 2.02. The number of methoxy groups -OCH3 is 1. The third-order valence-corrected chi connectivity index (χ3v) is 2.91. The summed E-state index contributed by atoms with van der Waals surface area (Å²) in [5.74, 6) is -0.257. The zero-order valence-corrected chi connectivity index (χ0v) is 12.2. The molecule has 22 heavy (non-hydrogen) atoms. The van der Waals surface area contributed by atoms with Gasteiger partial charge < -0.3 is 15.4 Å². The molecule has 6 nitrogen and oxygen atoms in total. The quantitative estimate of drug-likeness (QED) is 0.798. The molecular formula is C16H16N4O2. The number of rotatable bonds is 6. The second kappa shape index (κ2) is 7.76. The van der Waals surface area contributed by atoms with Gasteiger partial charge in [-0.15, -0.1) is 0 Å². The van der Waals surface area contributed by atoms with E-state index in [1.807, 2.05) is 6.07 Å². The van der Waals surface area contributed by atoms with Gasteiger partial charge in [-0.25, -0.2) is 0 Å². The van der Waals surface area contributed by atoms with Crippen molar-refractivity contribution >= 4 is 17.3 Å². The minimum Gasteiger partial charge on any atom is -0.383 e. The van der Waals surface area contributed by atoms with Crippen molar-refractivity contribution in [1.82, 2.24) is 4.98 Å². The molecule has 1 heterocycles. The van der Waals surface area contributed by atoms with Gasteiger partial charge in [-0.3, -0.25) is 9.78 Å². The monoisotopic (exact) mass is 296 g/mol. The van der Waals surface area contributed by atoms with E-state index in [1.54, 1.807) is 43.6 Å². The Labute approximate surface area is 128 Å². The van der Waals surface area contributed by atoms with Crippen molar-refractivity contribution in [2.24, 2.45) is 0 Å². The van der Waals surface area contributed by atoms with Gasteiger partial charge in [0.1, 0.15) is 0 Å². The summed E-state index contributed by atoms with van der Waals surface area (Å²) in [5.41, 5.74) is 2.38. The lowest BCUT2D eigenvalue weighted by molar-refractivity contribution is 0.102. The van der Waals surface area contributed by atoms with Crippen molar-refractivity contribution in [3.05, 3.63) is 53.9 Å². The normalized spacial score (nSPS) is 9.82. The van der Waals surface area contributed by atoms with E-state index in [0.29, 0.717) is 30.0 Å². The summed E-state index contributed by atoms with van der Waals surface area (Å²) in [4.78, 5) is 16.2. The number of carbonyl (C=O) groups is 1. The second-order valence-corrected chi connectivity index (χ2v) is 4.53. The molecule has 0 atom stereocenters. The molecular weight excluding hydrogens is 280 g/mol. The van der Waals surface area contributed by atoms with Crippen LogP contribution in [-0.4, -0.2) is 31.2 Å². The lowest BCUT2D eigenvalue weighted by Gasteiger charge is -2.08. The molecule has 0 aliphatic carbocycles. The highest BCUT2D eigenvalue weighted by molar-refractivity contribution is 6.04. The Morgan fingerprint density at radius 2 is 2.05 bits per heavy atom. The largest absolute Gasteiger partial charge is 0.383 e. The third-order valence-electron chi connectivity index (χ3n) is 2.91. The number of anilines is 2. The topological polar surface area (TPSA) is 87.0 Å². The highest BCUT2D eigenvalue weighted by Gasteiger charge is 2.07. The SMILES string of the molecule is COCCNc1cncc(C(=O)Nc2ccc(C#N)cc2)c1. The van der Waals surface area contributed by atoms with Crippen LogP contribution in [0.25, 0.3) is 0 Å². The number of carbonyl (C=O) groups excluding carboxylic acids is 1. The molecule has 0 aliphatic rings. The van der Waals surface area contributed by atoms with E-state index in [1.165, 1.54) is 6.20 Å². The van der Waals surface area contributed by atoms with Crippen LogP contribution in [-0.2, 0) is 4.74 Å². The maximum atomic E-state index is 12.2. The van der Waals surface area contributed by atoms with Crippen LogP contribution >= 0.6 is 0 Å². The van der Waals surface area contributed by atoms with Gasteiger partial charge in [0.15, 0.2) is 0 Å². The van der Waals surface area contributed by atoms with E-state index in [4.69, 9.17) is 10.00 Å². The molecule has 0 saturated heterocycles.